The summed E-state index contributed by atoms with van der Waals surface area (Å²) in [4.78, 5) is 36.1. The summed E-state index contributed by atoms with van der Waals surface area (Å²) in [5.41, 5.74) is 1.03. The van der Waals surface area contributed by atoms with Crippen LogP contribution in [-0.4, -0.2) is 37.6 Å². The lowest BCUT2D eigenvalue weighted by molar-refractivity contribution is -0.141. The Balaban J connectivity index is 1.70. The number of aryl methyl sites for hydroxylation is 1. The Morgan fingerprint density at radius 1 is 1.02 bits per heavy atom. The molecule has 1 aliphatic carbocycles. The minimum atomic E-state index is -4.85. The lowest BCUT2D eigenvalue weighted by Gasteiger charge is -2.25. The second-order valence-corrected chi connectivity index (χ2v) is 10.9. The van der Waals surface area contributed by atoms with Crippen molar-refractivity contribution in [2.75, 3.05) is 5.32 Å². The van der Waals surface area contributed by atoms with Crippen molar-refractivity contribution >= 4 is 40.8 Å². The maximum atomic E-state index is 13.7. The number of hydrogen-bond acceptors (Lipinski definition) is 5. The summed E-state index contributed by atoms with van der Waals surface area (Å²) in [7, 11) is 0. The van der Waals surface area contributed by atoms with Crippen LogP contribution in [-0.2, 0) is 19.0 Å². The molecule has 0 bridgehead atoms. The second kappa shape index (κ2) is 11.7. The zero-order valence-corrected chi connectivity index (χ0v) is 24.0. The van der Waals surface area contributed by atoms with E-state index in [1.165, 1.54) is 18.3 Å². The van der Waals surface area contributed by atoms with Crippen LogP contribution in [0.2, 0.25) is 10.0 Å². The molecule has 0 saturated carbocycles. The van der Waals surface area contributed by atoms with Crippen LogP contribution in [0.5, 0.6) is 0 Å². The minimum absolute atomic E-state index is 0.0180. The summed E-state index contributed by atoms with van der Waals surface area (Å²) in [6.45, 7) is 3.57. The van der Waals surface area contributed by atoms with Gasteiger partial charge in [-0.1, -0.05) is 35.3 Å². The van der Waals surface area contributed by atoms with Gasteiger partial charge in [-0.05, 0) is 74.9 Å². The van der Waals surface area contributed by atoms with Crippen molar-refractivity contribution in [3.63, 3.8) is 0 Å². The van der Waals surface area contributed by atoms with E-state index in [0.29, 0.717) is 40.8 Å². The molecule has 42 heavy (non-hydrogen) atoms. The van der Waals surface area contributed by atoms with Crippen LogP contribution in [0.3, 0.4) is 0 Å². The molecule has 1 aromatic carbocycles. The molecule has 0 saturated heterocycles. The first-order chi connectivity index (χ1) is 19.9. The lowest BCUT2D eigenvalue weighted by Crippen LogP contribution is -2.33. The van der Waals surface area contributed by atoms with E-state index in [2.05, 4.69) is 25.7 Å². The van der Waals surface area contributed by atoms with Gasteiger partial charge in [0.05, 0.1) is 10.6 Å². The van der Waals surface area contributed by atoms with Crippen LogP contribution < -0.4 is 10.6 Å². The first-order valence-electron chi connectivity index (χ1n) is 13.2. The van der Waals surface area contributed by atoms with Crippen molar-refractivity contribution in [2.45, 2.75) is 51.7 Å². The monoisotopic (exact) mass is 616 g/mol. The van der Waals surface area contributed by atoms with Gasteiger partial charge in [-0.15, -0.1) is 0 Å². The molecule has 0 radical (unpaired) electrons. The van der Waals surface area contributed by atoms with Crippen LogP contribution in [0.15, 0.2) is 48.7 Å². The first kappa shape index (κ1) is 29.5. The van der Waals surface area contributed by atoms with Gasteiger partial charge < -0.3 is 10.6 Å². The first-order valence-corrected chi connectivity index (χ1v) is 13.9. The summed E-state index contributed by atoms with van der Waals surface area (Å²) in [6, 6.07) is 10.2. The summed E-state index contributed by atoms with van der Waals surface area (Å²) >= 11 is 12.5. The van der Waals surface area contributed by atoms with Crippen LogP contribution >= 0.6 is 23.2 Å². The van der Waals surface area contributed by atoms with E-state index in [-0.39, 0.29) is 28.3 Å². The molecule has 1 aliphatic rings. The number of pyridine rings is 2. The average molecular weight is 617 g/mol. The number of carbonyl (C=O) groups excluding carboxylic acids is 2. The van der Waals surface area contributed by atoms with E-state index in [4.69, 9.17) is 23.2 Å². The van der Waals surface area contributed by atoms with Gasteiger partial charge in [0, 0.05) is 34.6 Å². The topological polar surface area (TPSA) is 102 Å². The molecule has 2 N–H and O–H groups in total. The highest BCUT2D eigenvalue weighted by atomic mass is 35.5. The number of alkyl halides is 3. The number of hydrogen-bond donors (Lipinski definition) is 2. The highest BCUT2D eigenvalue weighted by Crippen LogP contribution is 2.38. The van der Waals surface area contributed by atoms with Crippen molar-refractivity contribution < 1.29 is 22.8 Å². The Bertz CT molecular complexity index is 1690. The fourth-order valence-corrected chi connectivity index (χ4v) is 5.29. The molecule has 13 heteroatoms. The molecule has 0 atom stereocenters. The van der Waals surface area contributed by atoms with Gasteiger partial charge in [0.25, 0.3) is 11.8 Å². The third kappa shape index (κ3) is 5.98. The largest absolute Gasteiger partial charge is 0.435 e. The number of rotatable bonds is 6. The molecule has 0 aliphatic heterocycles. The zero-order valence-electron chi connectivity index (χ0n) is 22.5. The molecule has 8 nitrogen and oxygen atoms in total. The van der Waals surface area contributed by atoms with Gasteiger partial charge in [0.15, 0.2) is 11.5 Å². The fourth-order valence-electron chi connectivity index (χ4n) is 4.90. The minimum Gasteiger partial charge on any atom is -0.350 e. The molecular weight excluding hydrogens is 592 g/mol. The number of fused-ring (bicyclic) bond motifs is 1. The summed E-state index contributed by atoms with van der Waals surface area (Å²) in [6.07, 6.45) is -0.566. The van der Waals surface area contributed by atoms with E-state index in [0.717, 1.165) is 23.1 Å². The van der Waals surface area contributed by atoms with Crippen molar-refractivity contribution in [1.29, 1.82) is 0 Å². The van der Waals surface area contributed by atoms with Gasteiger partial charge in [-0.3, -0.25) is 9.59 Å². The zero-order chi connectivity index (χ0) is 30.2. The number of nitrogens with one attached hydrogen (secondary N) is 2. The normalized spacial score (nSPS) is 13.1. The maximum Gasteiger partial charge on any atom is 0.435 e. The van der Waals surface area contributed by atoms with Crippen molar-refractivity contribution in [2.24, 2.45) is 0 Å². The molecule has 3 aromatic heterocycles. The predicted molar refractivity (Wildman–Crippen MR) is 153 cm³/mol. The predicted octanol–water partition coefficient (Wildman–Crippen LogP) is 6.92. The van der Waals surface area contributed by atoms with Crippen LogP contribution in [0, 0.1) is 0 Å². The number of anilines is 1. The highest BCUT2D eigenvalue weighted by Gasteiger charge is 2.37. The lowest BCUT2D eigenvalue weighted by atomic mass is 9.86. The Morgan fingerprint density at radius 2 is 1.79 bits per heavy atom. The molecule has 0 fully saturated rings. The molecule has 218 valence electrons. The molecule has 2 amide bonds. The van der Waals surface area contributed by atoms with Crippen LogP contribution in [0.4, 0.5) is 19.0 Å². The van der Waals surface area contributed by atoms with Crippen molar-refractivity contribution in [3.05, 3.63) is 86.9 Å². The quantitative estimate of drug-likeness (QED) is 0.245. The van der Waals surface area contributed by atoms with Gasteiger partial charge in [0.1, 0.15) is 11.5 Å². The van der Waals surface area contributed by atoms with Crippen molar-refractivity contribution in [3.8, 4) is 16.9 Å². The molecule has 5 rings (SSSR count). The standard InChI is InChI=1S/C29H25Cl2F3N6O2/c1-15(2)36-28(42)24-23(16-7-5-8-17(30)13-16)18-9-3-4-11-20(18)37-25(24)38-27(41)21-14-22(29(32,33)34)39-40(21)26-19(31)10-6-12-35-26/h5-8,10,12-15H,3-4,9,11H2,1-2H3,(H,36,42)(H,37,38,41). The molecular formula is C29H25Cl2F3N6O2. The third-order valence-electron chi connectivity index (χ3n) is 6.64. The number of aromatic nitrogens is 4. The summed E-state index contributed by atoms with van der Waals surface area (Å²) in [5, 5.41) is 9.48. The third-order valence-corrected chi connectivity index (χ3v) is 7.17. The average Bonchev–Trinajstić information content (AvgIpc) is 3.38. The summed E-state index contributed by atoms with van der Waals surface area (Å²) in [5.74, 6) is -1.76. The Labute approximate surface area is 249 Å². The number of nitrogens with zero attached hydrogens (tertiary/aromatic N) is 4. The fraction of sp³-hybridized carbons (Fsp3) is 0.276. The molecule has 3 heterocycles. The Hall–Kier alpha value is -3.96. The van der Waals surface area contributed by atoms with Crippen LogP contribution in [0.1, 0.15) is 64.5 Å². The van der Waals surface area contributed by atoms with E-state index in [9.17, 15) is 22.8 Å². The second-order valence-electron chi connectivity index (χ2n) is 10.1. The number of amides is 2. The Morgan fingerprint density at radius 3 is 2.48 bits per heavy atom. The van der Waals surface area contributed by atoms with E-state index in [1.807, 2.05) is 6.07 Å². The maximum absolute atomic E-state index is 13.7. The van der Waals surface area contributed by atoms with Crippen molar-refractivity contribution in [1.82, 2.24) is 25.1 Å². The highest BCUT2D eigenvalue weighted by molar-refractivity contribution is 6.32. The van der Waals surface area contributed by atoms with Gasteiger partial charge in [-0.25, -0.2) is 14.6 Å². The number of carbonyl (C=O) groups is 2. The van der Waals surface area contributed by atoms with E-state index >= 15 is 0 Å². The smallest absolute Gasteiger partial charge is 0.350 e. The Kier molecular flexibility index (Phi) is 8.25. The van der Waals surface area contributed by atoms with E-state index in [1.54, 1.807) is 32.0 Å². The molecule has 0 spiro atoms. The molecule has 0 unspecified atom stereocenters. The van der Waals surface area contributed by atoms with Gasteiger partial charge in [0.2, 0.25) is 0 Å². The van der Waals surface area contributed by atoms with E-state index < -0.39 is 29.4 Å². The van der Waals surface area contributed by atoms with Gasteiger partial charge >= 0.3 is 6.18 Å². The number of halogens is 5. The molecule has 4 aromatic rings. The SMILES string of the molecule is CC(C)NC(=O)c1c(NC(=O)c2cc(C(F)(F)F)nn2-c2ncccc2Cl)nc2c(c1-c1cccc(Cl)c1)CCCC2. The number of benzene rings is 1. The summed E-state index contributed by atoms with van der Waals surface area (Å²) < 4.78 is 41.8. The van der Waals surface area contributed by atoms with Gasteiger partial charge in [-0.2, -0.15) is 18.3 Å². The van der Waals surface area contributed by atoms with Crippen LogP contribution in [0.25, 0.3) is 16.9 Å².